The van der Waals surface area contributed by atoms with Gasteiger partial charge in [-0.25, -0.2) is 8.42 Å². The zero-order valence-electron chi connectivity index (χ0n) is 9.98. The Labute approximate surface area is 98.3 Å². The van der Waals surface area contributed by atoms with Crippen LogP contribution in [0.4, 0.5) is 0 Å². The van der Waals surface area contributed by atoms with Crippen molar-refractivity contribution >= 4 is 9.84 Å². The van der Waals surface area contributed by atoms with E-state index >= 15 is 0 Å². The molecule has 1 heterocycles. The Bertz CT molecular complexity index is 325. The fraction of sp³-hybridized carbons (Fsp3) is 1.00. The van der Waals surface area contributed by atoms with Crippen LogP contribution in [0.15, 0.2) is 0 Å². The summed E-state index contributed by atoms with van der Waals surface area (Å²) in [6.07, 6.45) is 4.81. The van der Waals surface area contributed by atoms with Gasteiger partial charge < -0.3 is 5.32 Å². The van der Waals surface area contributed by atoms with Gasteiger partial charge in [-0.05, 0) is 31.7 Å². The van der Waals surface area contributed by atoms with Gasteiger partial charge in [0.25, 0.3) is 0 Å². The van der Waals surface area contributed by atoms with E-state index in [4.69, 9.17) is 0 Å². The topological polar surface area (TPSA) is 49.4 Å². The van der Waals surface area contributed by atoms with Gasteiger partial charge in [-0.15, -0.1) is 0 Å². The Hall–Kier alpha value is -0.130. The molecule has 2 fully saturated rings. The molecule has 1 atom stereocenters. The highest BCUT2D eigenvalue weighted by Gasteiger charge is 2.36. The van der Waals surface area contributed by atoms with Crippen molar-refractivity contribution in [3.8, 4) is 0 Å². The van der Waals surface area contributed by atoms with E-state index in [1.165, 1.54) is 19.1 Å². The van der Waals surface area contributed by atoms with E-state index in [1.807, 2.05) is 0 Å². The number of hydrogen-bond acceptors (Lipinski definition) is 4. The predicted molar refractivity (Wildman–Crippen MR) is 65.3 cm³/mol. The maximum absolute atomic E-state index is 11.1. The molecule has 1 N–H and O–H groups in total. The van der Waals surface area contributed by atoms with Gasteiger partial charge in [0.15, 0.2) is 0 Å². The molecule has 0 bridgehead atoms. The van der Waals surface area contributed by atoms with Crippen molar-refractivity contribution in [1.82, 2.24) is 10.2 Å². The summed E-state index contributed by atoms with van der Waals surface area (Å²) in [6, 6.07) is 0.660. The van der Waals surface area contributed by atoms with Crippen molar-refractivity contribution < 1.29 is 8.42 Å². The summed E-state index contributed by atoms with van der Waals surface area (Å²) in [4.78, 5) is 2.49. The summed E-state index contributed by atoms with van der Waals surface area (Å²) in [5, 5.41) is 3.43. The van der Waals surface area contributed by atoms with Crippen molar-refractivity contribution in [3.63, 3.8) is 0 Å². The standard InChI is InChI=1S/C11H22N2O2S/c1-16(14,15)8-2-6-13-7-5-12-9-11(13)10-3-4-10/h10-12H,2-9H2,1H3. The largest absolute Gasteiger partial charge is 0.314 e. The van der Waals surface area contributed by atoms with Gasteiger partial charge in [-0.3, -0.25) is 4.90 Å². The number of rotatable bonds is 5. The summed E-state index contributed by atoms with van der Waals surface area (Å²) >= 11 is 0. The second kappa shape index (κ2) is 5.02. The minimum atomic E-state index is -2.79. The molecule has 4 nitrogen and oxygen atoms in total. The first-order valence-electron chi connectivity index (χ1n) is 6.19. The van der Waals surface area contributed by atoms with Crippen molar-refractivity contribution in [2.45, 2.75) is 25.3 Å². The molecular weight excluding hydrogens is 224 g/mol. The molecule has 2 aliphatic rings. The molecule has 94 valence electrons. The minimum absolute atomic E-state index is 0.328. The van der Waals surface area contributed by atoms with Gasteiger partial charge in [-0.2, -0.15) is 0 Å². The van der Waals surface area contributed by atoms with Crippen LogP contribution in [-0.2, 0) is 9.84 Å². The third-order valence-corrected chi connectivity index (χ3v) is 4.56. The number of sulfone groups is 1. The maximum atomic E-state index is 11.1. The lowest BCUT2D eigenvalue weighted by atomic mass is 10.1. The summed E-state index contributed by atoms with van der Waals surface area (Å²) < 4.78 is 22.1. The van der Waals surface area contributed by atoms with Gasteiger partial charge in [0.1, 0.15) is 9.84 Å². The molecule has 1 saturated heterocycles. The van der Waals surface area contributed by atoms with E-state index in [2.05, 4.69) is 10.2 Å². The van der Waals surface area contributed by atoms with Crippen LogP contribution < -0.4 is 5.32 Å². The Balaban J connectivity index is 1.77. The minimum Gasteiger partial charge on any atom is -0.314 e. The zero-order chi connectivity index (χ0) is 11.6. The number of nitrogens with zero attached hydrogens (tertiary/aromatic N) is 1. The van der Waals surface area contributed by atoms with E-state index in [0.29, 0.717) is 11.8 Å². The third-order valence-electron chi connectivity index (χ3n) is 3.52. The molecule has 0 aromatic rings. The van der Waals surface area contributed by atoms with Crippen LogP contribution in [0.25, 0.3) is 0 Å². The second-order valence-electron chi connectivity index (χ2n) is 5.13. The predicted octanol–water partition coefficient (Wildman–Crippen LogP) is 0.105. The molecular formula is C11H22N2O2S. The molecule has 1 unspecified atom stereocenters. The molecule has 0 radical (unpaired) electrons. The molecule has 16 heavy (non-hydrogen) atoms. The first kappa shape index (κ1) is 12.3. The van der Waals surface area contributed by atoms with Crippen molar-refractivity contribution in [1.29, 1.82) is 0 Å². The smallest absolute Gasteiger partial charge is 0.147 e. The maximum Gasteiger partial charge on any atom is 0.147 e. The summed E-state index contributed by atoms with van der Waals surface area (Å²) in [5.41, 5.74) is 0. The Morgan fingerprint density at radius 1 is 1.38 bits per heavy atom. The average Bonchev–Trinajstić information content (AvgIpc) is 3.00. The fourth-order valence-corrected chi connectivity index (χ4v) is 3.17. The van der Waals surface area contributed by atoms with Crippen LogP contribution in [0, 0.1) is 5.92 Å². The quantitative estimate of drug-likeness (QED) is 0.748. The van der Waals surface area contributed by atoms with Crippen LogP contribution in [0.2, 0.25) is 0 Å². The van der Waals surface area contributed by atoms with Crippen molar-refractivity contribution in [2.75, 3.05) is 38.2 Å². The Kier molecular flexibility index (Phi) is 3.87. The van der Waals surface area contributed by atoms with Crippen LogP contribution >= 0.6 is 0 Å². The van der Waals surface area contributed by atoms with E-state index in [1.54, 1.807) is 0 Å². The summed E-state index contributed by atoms with van der Waals surface area (Å²) in [5.74, 6) is 1.19. The zero-order valence-corrected chi connectivity index (χ0v) is 10.8. The Morgan fingerprint density at radius 2 is 2.12 bits per heavy atom. The average molecular weight is 246 g/mol. The third kappa shape index (κ3) is 3.71. The first-order valence-corrected chi connectivity index (χ1v) is 8.25. The van der Waals surface area contributed by atoms with Gasteiger partial charge in [-0.1, -0.05) is 0 Å². The van der Waals surface area contributed by atoms with Gasteiger partial charge in [0.2, 0.25) is 0 Å². The molecule has 0 aromatic heterocycles. The molecule has 2 rings (SSSR count). The number of piperazine rings is 1. The van der Waals surface area contributed by atoms with Gasteiger partial charge >= 0.3 is 0 Å². The molecule has 1 aliphatic carbocycles. The molecule has 0 spiro atoms. The SMILES string of the molecule is CS(=O)(=O)CCCN1CCNCC1C1CC1. The summed E-state index contributed by atoms with van der Waals surface area (Å²) in [7, 11) is -2.79. The normalized spacial score (nSPS) is 28.2. The highest BCUT2D eigenvalue weighted by molar-refractivity contribution is 7.90. The van der Waals surface area contributed by atoms with E-state index in [9.17, 15) is 8.42 Å². The Morgan fingerprint density at radius 3 is 2.75 bits per heavy atom. The van der Waals surface area contributed by atoms with Crippen molar-refractivity contribution in [3.05, 3.63) is 0 Å². The molecule has 5 heteroatoms. The first-order chi connectivity index (χ1) is 7.56. The highest BCUT2D eigenvalue weighted by Crippen LogP contribution is 2.35. The van der Waals surface area contributed by atoms with E-state index in [-0.39, 0.29) is 0 Å². The molecule has 1 saturated carbocycles. The molecule has 0 aromatic carbocycles. The van der Waals surface area contributed by atoms with Gasteiger partial charge in [0, 0.05) is 31.9 Å². The lowest BCUT2D eigenvalue weighted by Crippen LogP contribution is -2.52. The van der Waals surface area contributed by atoms with Crippen LogP contribution in [-0.4, -0.2) is 57.5 Å². The van der Waals surface area contributed by atoms with Crippen LogP contribution in [0.1, 0.15) is 19.3 Å². The van der Waals surface area contributed by atoms with Gasteiger partial charge in [0.05, 0.1) is 5.75 Å². The fourth-order valence-electron chi connectivity index (χ4n) is 2.52. The lowest BCUT2D eigenvalue weighted by molar-refractivity contribution is 0.144. The molecule has 1 aliphatic heterocycles. The van der Waals surface area contributed by atoms with E-state index < -0.39 is 9.84 Å². The second-order valence-corrected chi connectivity index (χ2v) is 7.39. The summed E-state index contributed by atoms with van der Waals surface area (Å²) in [6.45, 7) is 4.15. The monoisotopic (exact) mass is 246 g/mol. The lowest BCUT2D eigenvalue weighted by Gasteiger charge is -2.36. The molecule has 0 amide bonds. The van der Waals surface area contributed by atoms with Crippen LogP contribution in [0.5, 0.6) is 0 Å². The number of nitrogens with one attached hydrogen (secondary N) is 1. The number of hydrogen-bond donors (Lipinski definition) is 1. The van der Waals surface area contributed by atoms with Crippen molar-refractivity contribution in [2.24, 2.45) is 5.92 Å². The van der Waals surface area contributed by atoms with E-state index in [0.717, 1.165) is 38.5 Å². The highest BCUT2D eigenvalue weighted by atomic mass is 32.2. The van der Waals surface area contributed by atoms with Crippen LogP contribution in [0.3, 0.4) is 0 Å².